The van der Waals surface area contributed by atoms with Crippen LogP contribution < -0.4 is 10.6 Å². The van der Waals surface area contributed by atoms with Crippen LogP contribution in [0.5, 0.6) is 0 Å². The zero-order valence-corrected chi connectivity index (χ0v) is 25.7. The van der Waals surface area contributed by atoms with Crippen LogP contribution >= 0.6 is 0 Å². The van der Waals surface area contributed by atoms with Gasteiger partial charge < -0.3 is 20.6 Å². The Morgan fingerprint density at radius 3 is 2.33 bits per heavy atom. The van der Waals surface area contributed by atoms with Crippen LogP contribution in [0.2, 0.25) is 0 Å². The molecule has 3 aromatic carbocycles. The SMILES string of the molecule is C[C@@H](C(=O)N[C@@H](Cc1ccc([N+](=O)[O-])cc1)C(=O)N1Cc2ccccc2C[C@H]1C(=O)N[C@@H]1CCCc2ccccc21)N(C)C(=O)O. The number of carbonyl (C=O) groups excluding carboxylic acids is 3. The third kappa shape index (κ3) is 7.01. The molecule has 12 heteroatoms. The highest BCUT2D eigenvalue weighted by Crippen LogP contribution is 2.31. The number of nitrogens with one attached hydrogen (secondary N) is 2. The van der Waals surface area contributed by atoms with Gasteiger partial charge in [-0.25, -0.2) is 4.79 Å². The van der Waals surface area contributed by atoms with Crippen LogP contribution in [0.4, 0.5) is 10.5 Å². The Balaban J connectivity index is 1.45. The lowest BCUT2D eigenvalue weighted by Gasteiger charge is -2.39. The molecule has 1 aliphatic carbocycles. The molecular weight excluding hydrogens is 590 g/mol. The lowest BCUT2D eigenvalue weighted by molar-refractivity contribution is -0.384. The topological polar surface area (TPSA) is 162 Å². The number of rotatable bonds is 9. The second kappa shape index (κ2) is 13.8. The van der Waals surface area contributed by atoms with Gasteiger partial charge in [0.1, 0.15) is 18.1 Å². The lowest BCUT2D eigenvalue weighted by Crippen LogP contribution is -2.59. The number of carbonyl (C=O) groups is 4. The summed E-state index contributed by atoms with van der Waals surface area (Å²) in [5, 5.41) is 26.5. The van der Waals surface area contributed by atoms with E-state index in [0.717, 1.165) is 40.9 Å². The van der Waals surface area contributed by atoms with Crippen molar-refractivity contribution in [1.29, 1.82) is 0 Å². The first kappa shape index (κ1) is 32.1. The number of hydrogen-bond donors (Lipinski definition) is 3. The number of nitrogens with zero attached hydrogens (tertiary/aromatic N) is 3. The van der Waals surface area contributed by atoms with Gasteiger partial charge in [-0.15, -0.1) is 0 Å². The molecule has 0 spiro atoms. The molecule has 3 aromatic rings. The second-order valence-corrected chi connectivity index (χ2v) is 11.9. The summed E-state index contributed by atoms with van der Waals surface area (Å²) >= 11 is 0. The van der Waals surface area contributed by atoms with E-state index in [9.17, 15) is 34.4 Å². The Morgan fingerprint density at radius 1 is 1.00 bits per heavy atom. The molecule has 4 atom stereocenters. The maximum absolute atomic E-state index is 14.4. The summed E-state index contributed by atoms with van der Waals surface area (Å²) in [6, 6.07) is 17.9. The molecule has 0 fully saturated rings. The molecule has 240 valence electrons. The minimum atomic E-state index is -1.31. The highest BCUT2D eigenvalue weighted by atomic mass is 16.6. The molecule has 1 aliphatic heterocycles. The fourth-order valence-corrected chi connectivity index (χ4v) is 6.18. The Bertz CT molecular complexity index is 1640. The Hall–Kier alpha value is -5.26. The van der Waals surface area contributed by atoms with Crippen LogP contribution in [0.25, 0.3) is 0 Å². The van der Waals surface area contributed by atoms with E-state index >= 15 is 0 Å². The molecule has 0 saturated heterocycles. The molecule has 2 aliphatic rings. The molecule has 0 saturated carbocycles. The van der Waals surface area contributed by atoms with Crippen molar-refractivity contribution < 1.29 is 29.2 Å². The molecule has 0 radical (unpaired) electrons. The maximum Gasteiger partial charge on any atom is 0.407 e. The van der Waals surface area contributed by atoms with Gasteiger partial charge in [0.15, 0.2) is 0 Å². The fraction of sp³-hybridized carbons (Fsp3) is 0.353. The first-order chi connectivity index (χ1) is 22.0. The minimum absolute atomic E-state index is 0.0332. The largest absolute Gasteiger partial charge is 0.465 e. The smallest absolute Gasteiger partial charge is 0.407 e. The van der Waals surface area contributed by atoms with E-state index in [1.54, 1.807) is 0 Å². The Morgan fingerprint density at radius 2 is 1.65 bits per heavy atom. The summed E-state index contributed by atoms with van der Waals surface area (Å²) in [5.74, 6) is -1.51. The van der Waals surface area contributed by atoms with Gasteiger partial charge in [-0.3, -0.25) is 29.4 Å². The van der Waals surface area contributed by atoms with Gasteiger partial charge in [0.2, 0.25) is 17.7 Å². The second-order valence-electron chi connectivity index (χ2n) is 11.9. The van der Waals surface area contributed by atoms with Crippen LogP contribution in [0.3, 0.4) is 0 Å². The summed E-state index contributed by atoms with van der Waals surface area (Å²) in [6.45, 7) is 1.54. The summed E-state index contributed by atoms with van der Waals surface area (Å²) in [4.78, 5) is 66.3. The normalized spacial score (nSPS) is 18.3. The van der Waals surface area contributed by atoms with Crippen LogP contribution in [0, 0.1) is 10.1 Å². The first-order valence-electron chi connectivity index (χ1n) is 15.3. The third-order valence-corrected chi connectivity index (χ3v) is 8.98. The molecule has 1 heterocycles. The van der Waals surface area contributed by atoms with Crippen molar-refractivity contribution in [2.75, 3.05) is 7.05 Å². The number of likely N-dealkylation sites (N-methyl/N-ethyl adjacent to an activating group) is 1. The number of hydrogen-bond acceptors (Lipinski definition) is 6. The number of benzene rings is 3. The van der Waals surface area contributed by atoms with Crippen molar-refractivity contribution in [2.45, 2.75) is 69.7 Å². The van der Waals surface area contributed by atoms with Crippen molar-refractivity contribution in [1.82, 2.24) is 20.4 Å². The number of amides is 4. The molecule has 3 N–H and O–H groups in total. The molecule has 0 unspecified atom stereocenters. The van der Waals surface area contributed by atoms with Crippen molar-refractivity contribution in [3.05, 3.63) is 111 Å². The van der Waals surface area contributed by atoms with E-state index in [1.807, 2.05) is 42.5 Å². The van der Waals surface area contributed by atoms with Crippen LogP contribution in [-0.4, -0.2) is 68.8 Å². The predicted octanol–water partition coefficient (Wildman–Crippen LogP) is 3.77. The Labute approximate surface area is 266 Å². The third-order valence-electron chi connectivity index (χ3n) is 8.98. The molecule has 0 bridgehead atoms. The molecule has 4 amide bonds. The zero-order valence-electron chi connectivity index (χ0n) is 25.7. The van der Waals surface area contributed by atoms with E-state index in [2.05, 4.69) is 16.7 Å². The zero-order chi connectivity index (χ0) is 33.0. The lowest BCUT2D eigenvalue weighted by atomic mass is 9.87. The molecule has 12 nitrogen and oxygen atoms in total. The van der Waals surface area contributed by atoms with Gasteiger partial charge in [-0.1, -0.05) is 60.7 Å². The summed E-state index contributed by atoms with van der Waals surface area (Å²) < 4.78 is 0. The van der Waals surface area contributed by atoms with E-state index in [4.69, 9.17) is 0 Å². The summed E-state index contributed by atoms with van der Waals surface area (Å²) in [7, 11) is 1.26. The van der Waals surface area contributed by atoms with Crippen molar-refractivity contribution in [3.63, 3.8) is 0 Å². The number of carboxylic acid groups (broad SMARTS) is 1. The maximum atomic E-state index is 14.4. The first-order valence-corrected chi connectivity index (χ1v) is 15.3. The van der Waals surface area contributed by atoms with Gasteiger partial charge in [-0.05, 0) is 54.0 Å². The molecule has 5 rings (SSSR count). The van der Waals surface area contributed by atoms with E-state index in [1.165, 1.54) is 48.7 Å². The van der Waals surface area contributed by atoms with Crippen molar-refractivity contribution in [3.8, 4) is 0 Å². The number of fused-ring (bicyclic) bond motifs is 2. The van der Waals surface area contributed by atoms with Gasteiger partial charge in [0.05, 0.1) is 11.0 Å². The number of nitro benzene ring substituents is 1. The quantitative estimate of drug-likeness (QED) is 0.240. The highest BCUT2D eigenvalue weighted by Gasteiger charge is 2.39. The van der Waals surface area contributed by atoms with E-state index in [0.29, 0.717) is 5.56 Å². The average molecular weight is 628 g/mol. The van der Waals surface area contributed by atoms with Gasteiger partial charge in [0, 0.05) is 38.6 Å². The summed E-state index contributed by atoms with van der Waals surface area (Å²) in [6.07, 6.45) is 1.56. The van der Waals surface area contributed by atoms with E-state index < -0.39 is 41.0 Å². The highest BCUT2D eigenvalue weighted by molar-refractivity contribution is 5.94. The average Bonchev–Trinajstić information content (AvgIpc) is 3.06. The molecular formula is C34H37N5O7. The molecule has 0 aromatic heterocycles. The number of aryl methyl sites for hydroxylation is 1. The van der Waals surface area contributed by atoms with Gasteiger partial charge >= 0.3 is 6.09 Å². The van der Waals surface area contributed by atoms with Crippen molar-refractivity contribution >= 4 is 29.5 Å². The van der Waals surface area contributed by atoms with E-state index in [-0.39, 0.29) is 37.0 Å². The monoisotopic (exact) mass is 627 g/mol. The van der Waals surface area contributed by atoms with Gasteiger partial charge in [-0.2, -0.15) is 0 Å². The van der Waals surface area contributed by atoms with Crippen LogP contribution in [-0.2, 0) is 40.2 Å². The minimum Gasteiger partial charge on any atom is -0.465 e. The number of non-ortho nitro benzene ring substituents is 1. The van der Waals surface area contributed by atoms with Crippen LogP contribution in [0.15, 0.2) is 72.8 Å². The standard InChI is InChI=1S/C34H37N5O7/c1-21(37(2)34(43)44)31(40)36-29(18-22-14-16-26(17-15-22)39(45)46)33(42)38-20-25-10-4-3-9-24(25)19-30(38)32(41)35-28-13-7-11-23-8-5-6-12-27(23)28/h3-6,8-10,12,14-17,21,28-30H,7,11,13,18-20H2,1-2H3,(H,35,41)(H,36,40)(H,43,44)/t21-,28+,29-,30-/m0/s1. The fourth-order valence-electron chi connectivity index (χ4n) is 6.18. The number of nitro groups is 1. The predicted molar refractivity (Wildman–Crippen MR) is 169 cm³/mol. The molecule has 46 heavy (non-hydrogen) atoms. The van der Waals surface area contributed by atoms with Crippen molar-refractivity contribution in [2.24, 2.45) is 0 Å². The summed E-state index contributed by atoms with van der Waals surface area (Å²) in [5.41, 5.74) is 4.50. The van der Waals surface area contributed by atoms with Crippen LogP contribution in [0.1, 0.15) is 53.6 Å². The Kier molecular flexibility index (Phi) is 9.64. The van der Waals surface area contributed by atoms with Gasteiger partial charge in [0.25, 0.3) is 5.69 Å².